The highest BCUT2D eigenvalue weighted by Crippen LogP contribution is 2.08. The Morgan fingerprint density at radius 3 is 2.67 bits per heavy atom. The first-order valence-corrected chi connectivity index (χ1v) is 6.19. The van der Waals surface area contributed by atoms with E-state index in [1.807, 2.05) is 13.8 Å². The number of aliphatic hydroxyl groups is 1. The van der Waals surface area contributed by atoms with Crippen molar-refractivity contribution in [1.29, 1.82) is 0 Å². The maximum Gasteiger partial charge on any atom is 0.220 e. The molecule has 1 atom stereocenters. The molecule has 1 rings (SSSR count). The van der Waals surface area contributed by atoms with E-state index in [2.05, 4.69) is 5.32 Å². The molecule has 100 valence electrons. The topological polar surface area (TPSA) is 49.3 Å². The zero-order chi connectivity index (χ0) is 13.5. The summed E-state index contributed by atoms with van der Waals surface area (Å²) in [4.78, 5) is 11.5. The van der Waals surface area contributed by atoms with Crippen LogP contribution in [0.25, 0.3) is 0 Å². The van der Waals surface area contributed by atoms with Gasteiger partial charge in [0.25, 0.3) is 0 Å². The lowest BCUT2D eigenvalue weighted by atomic mass is 10.1. The Morgan fingerprint density at radius 2 is 2.06 bits per heavy atom. The molecule has 1 aromatic rings. The largest absolute Gasteiger partial charge is 0.391 e. The minimum absolute atomic E-state index is 0.108. The van der Waals surface area contributed by atoms with Crippen LogP contribution >= 0.6 is 0 Å². The smallest absolute Gasteiger partial charge is 0.220 e. The van der Waals surface area contributed by atoms with Gasteiger partial charge >= 0.3 is 0 Å². The van der Waals surface area contributed by atoms with Gasteiger partial charge in [0.2, 0.25) is 5.91 Å². The second-order valence-electron chi connectivity index (χ2n) is 4.71. The zero-order valence-electron chi connectivity index (χ0n) is 10.8. The first-order valence-electron chi connectivity index (χ1n) is 6.19. The maximum absolute atomic E-state index is 13.3. The molecule has 3 nitrogen and oxygen atoms in total. The lowest BCUT2D eigenvalue weighted by molar-refractivity contribution is -0.121. The van der Waals surface area contributed by atoms with E-state index in [0.717, 1.165) is 0 Å². The number of halogens is 1. The SMILES string of the molecule is CC(C)C(O)CNC(=O)CCc1ccccc1F. The summed E-state index contributed by atoms with van der Waals surface area (Å²) >= 11 is 0. The number of amides is 1. The normalized spacial score (nSPS) is 12.5. The third kappa shape index (κ3) is 4.84. The Labute approximate surface area is 107 Å². The van der Waals surface area contributed by atoms with Crippen LogP contribution in [0.3, 0.4) is 0 Å². The fraction of sp³-hybridized carbons (Fsp3) is 0.500. The van der Waals surface area contributed by atoms with Gasteiger partial charge in [0.15, 0.2) is 0 Å². The van der Waals surface area contributed by atoms with Crippen molar-refractivity contribution in [1.82, 2.24) is 5.32 Å². The lowest BCUT2D eigenvalue weighted by Crippen LogP contribution is -2.34. The average molecular weight is 253 g/mol. The van der Waals surface area contributed by atoms with Gasteiger partial charge in [0.05, 0.1) is 6.10 Å². The second kappa shape index (κ2) is 7.11. The second-order valence-corrected chi connectivity index (χ2v) is 4.71. The molecule has 0 fully saturated rings. The van der Waals surface area contributed by atoms with Crippen LogP contribution in [-0.2, 0) is 11.2 Å². The number of benzene rings is 1. The molecule has 0 aromatic heterocycles. The van der Waals surface area contributed by atoms with Crippen molar-refractivity contribution in [3.63, 3.8) is 0 Å². The van der Waals surface area contributed by atoms with Gasteiger partial charge in [-0.2, -0.15) is 0 Å². The molecule has 0 saturated heterocycles. The molecule has 0 radical (unpaired) electrons. The van der Waals surface area contributed by atoms with Gasteiger partial charge in [0.1, 0.15) is 5.82 Å². The van der Waals surface area contributed by atoms with Crippen LogP contribution < -0.4 is 5.32 Å². The van der Waals surface area contributed by atoms with Crippen LogP contribution in [0.5, 0.6) is 0 Å². The van der Waals surface area contributed by atoms with Gasteiger partial charge < -0.3 is 10.4 Å². The molecule has 2 N–H and O–H groups in total. The van der Waals surface area contributed by atoms with Crippen molar-refractivity contribution in [2.75, 3.05) is 6.54 Å². The van der Waals surface area contributed by atoms with Crippen molar-refractivity contribution >= 4 is 5.91 Å². The highest BCUT2D eigenvalue weighted by atomic mass is 19.1. The number of aliphatic hydroxyl groups excluding tert-OH is 1. The number of carbonyl (C=O) groups is 1. The molecule has 0 aliphatic carbocycles. The van der Waals surface area contributed by atoms with Crippen molar-refractivity contribution in [2.24, 2.45) is 5.92 Å². The molecule has 0 aliphatic rings. The number of nitrogens with one attached hydrogen (secondary N) is 1. The molecule has 18 heavy (non-hydrogen) atoms. The lowest BCUT2D eigenvalue weighted by Gasteiger charge is -2.15. The quantitative estimate of drug-likeness (QED) is 0.813. The fourth-order valence-electron chi connectivity index (χ4n) is 1.49. The van der Waals surface area contributed by atoms with E-state index < -0.39 is 6.10 Å². The molecule has 4 heteroatoms. The van der Waals surface area contributed by atoms with Crippen LogP contribution in [-0.4, -0.2) is 23.7 Å². The van der Waals surface area contributed by atoms with Crippen LogP contribution in [0.1, 0.15) is 25.8 Å². The molecule has 0 spiro atoms. The number of aryl methyl sites for hydroxylation is 1. The standard InChI is InChI=1S/C14H20FNO2/c1-10(2)13(17)9-16-14(18)8-7-11-5-3-4-6-12(11)15/h3-6,10,13,17H,7-9H2,1-2H3,(H,16,18). The third-order valence-corrected chi connectivity index (χ3v) is 2.86. The third-order valence-electron chi connectivity index (χ3n) is 2.86. The minimum atomic E-state index is -0.539. The predicted molar refractivity (Wildman–Crippen MR) is 68.6 cm³/mol. The number of rotatable bonds is 6. The summed E-state index contributed by atoms with van der Waals surface area (Å²) in [5.41, 5.74) is 0.539. The zero-order valence-corrected chi connectivity index (χ0v) is 10.8. The maximum atomic E-state index is 13.3. The molecule has 0 bridgehead atoms. The van der Waals surface area contributed by atoms with Crippen molar-refractivity contribution in [3.05, 3.63) is 35.6 Å². The summed E-state index contributed by atoms with van der Waals surface area (Å²) in [6.07, 6.45) is 0.0598. The van der Waals surface area contributed by atoms with Gasteiger partial charge in [-0.15, -0.1) is 0 Å². The van der Waals surface area contributed by atoms with Gasteiger partial charge in [-0.1, -0.05) is 32.0 Å². The summed E-state index contributed by atoms with van der Waals surface area (Å²) in [7, 11) is 0. The molecule has 1 amide bonds. The summed E-state index contributed by atoms with van der Waals surface area (Å²) in [6, 6.07) is 6.43. The summed E-state index contributed by atoms with van der Waals surface area (Å²) in [5.74, 6) is -0.345. The molecular formula is C14H20FNO2. The Bertz CT molecular complexity index is 393. The summed E-state index contributed by atoms with van der Waals surface area (Å²) in [6.45, 7) is 4.01. The van der Waals surface area contributed by atoms with Crippen molar-refractivity contribution in [2.45, 2.75) is 32.8 Å². The van der Waals surface area contributed by atoms with Gasteiger partial charge in [-0.05, 0) is 24.0 Å². The van der Waals surface area contributed by atoms with Crippen molar-refractivity contribution < 1.29 is 14.3 Å². The Hall–Kier alpha value is -1.42. The van der Waals surface area contributed by atoms with E-state index in [1.165, 1.54) is 6.07 Å². The molecule has 0 saturated carbocycles. The molecule has 0 aliphatic heterocycles. The molecule has 1 aromatic carbocycles. The van der Waals surface area contributed by atoms with Gasteiger partial charge in [0, 0.05) is 13.0 Å². The predicted octanol–water partition coefficient (Wildman–Crippen LogP) is 1.89. The van der Waals surface area contributed by atoms with E-state index >= 15 is 0 Å². The molecule has 0 heterocycles. The molecule has 1 unspecified atom stereocenters. The summed E-state index contributed by atoms with van der Waals surface area (Å²) < 4.78 is 13.3. The van der Waals surface area contributed by atoms with Crippen molar-refractivity contribution in [3.8, 4) is 0 Å². The Kier molecular flexibility index (Phi) is 5.78. The molecular weight excluding hydrogens is 233 g/mol. The van der Waals surface area contributed by atoms with Gasteiger partial charge in [-0.3, -0.25) is 4.79 Å². The van der Waals surface area contributed by atoms with E-state index in [4.69, 9.17) is 0 Å². The van der Waals surface area contributed by atoms with E-state index in [-0.39, 0.29) is 30.6 Å². The van der Waals surface area contributed by atoms with Crippen LogP contribution in [0, 0.1) is 11.7 Å². The first-order chi connectivity index (χ1) is 8.50. The first kappa shape index (κ1) is 14.6. The van der Waals surface area contributed by atoms with Crippen LogP contribution in [0.2, 0.25) is 0 Å². The van der Waals surface area contributed by atoms with E-state index in [9.17, 15) is 14.3 Å². The fourth-order valence-corrected chi connectivity index (χ4v) is 1.49. The van der Waals surface area contributed by atoms with E-state index in [1.54, 1.807) is 18.2 Å². The Morgan fingerprint density at radius 1 is 1.39 bits per heavy atom. The monoisotopic (exact) mass is 253 g/mol. The Balaban J connectivity index is 2.32. The highest BCUT2D eigenvalue weighted by molar-refractivity contribution is 5.76. The number of hydrogen-bond donors (Lipinski definition) is 2. The highest BCUT2D eigenvalue weighted by Gasteiger charge is 2.11. The number of carbonyl (C=O) groups excluding carboxylic acids is 1. The summed E-state index contributed by atoms with van der Waals surface area (Å²) in [5, 5.41) is 12.2. The van der Waals surface area contributed by atoms with Crippen LogP contribution in [0.4, 0.5) is 4.39 Å². The minimum Gasteiger partial charge on any atom is -0.391 e. The number of hydrogen-bond acceptors (Lipinski definition) is 2. The van der Waals surface area contributed by atoms with Crippen LogP contribution in [0.15, 0.2) is 24.3 Å². The van der Waals surface area contributed by atoms with E-state index in [0.29, 0.717) is 12.0 Å². The van der Waals surface area contributed by atoms with Gasteiger partial charge in [-0.25, -0.2) is 4.39 Å². The average Bonchev–Trinajstić information content (AvgIpc) is 2.34.